The van der Waals surface area contributed by atoms with Gasteiger partial charge in [-0.05, 0) is 12.8 Å². The Labute approximate surface area is 91.2 Å². The Morgan fingerprint density at radius 2 is 1.87 bits per heavy atom. The predicted octanol–water partition coefficient (Wildman–Crippen LogP) is 0.564. The van der Waals surface area contributed by atoms with Crippen LogP contribution in [0.2, 0.25) is 0 Å². The van der Waals surface area contributed by atoms with Gasteiger partial charge in [0, 0.05) is 20.1 Å². The van der Waals surface area contributed by atoms with Crippen LogP contribution in [-0.2, 0) is 4.79 Å². The monoisotopic (exact) mass is 215 g/mol. The number of amides is 3. The summed E-state index contributed by atoms with van der Waals surface area (Å²) in [6.07, 6.45) is 1.74. The van der Waals surface area contributed by atoms with Crippen LogP contribution < -0.4 is 10.6 Å². The minimum absolute atomic E-state index is 0.125. The van der Waals surface area contributed by atoms with Gasteiger partial charge >= 0.3 is 6.03 Å². The summed E-state index contributed by atoms with van der Waals surface area (Å²) in [5.41, 5.74) is 0. The summed E-state index contributed by atoms with van der Waals surface area (Å²) in [5, 5.41) is 5.26. The van der Waals surface area contributed by atoms with Crippen molar-refractivity contribution in [2.45, 2.75) is 26.7 Å². The van der Waals surface area contributed by atoms with E-state index in [1.807, 2.05) is 13.8 Å². The molecule has 88 valence electrons. The minimum Gasteiger partial charge on any atom is -0.358 e. The molecule has 0 saturated heterocycles. The van der Waals surface area contributed by atoms with Gasteiger partial charge in [-0.1, -0.05) is 13.8 Å². The zero-order chi connectivity index (χ0) is 11.7. The Balaban J connectivity index is 4.11. The number of carbonyl (C=O) groups excluding carboxylic acids is 2. The Bertz CT molecular complexity index is 207. The molecule has 15 heavy (non-hydrogen) atoms. The summed E-state index contributed by atoms with van der Waals surface area (Å²) in [5.74, 6) is -0.143. The number of nitrogens with zero attached hydrogens (tertiary/aromatic N) is 1. The van der Waals surface area contributed by atoms with Crippen molar-refractivity contribution in [3.8, 4) is 0 Å². The van der Waals surface area contributed by atoms with E-state index in [2.05, 4.69) is 10.6 Å². The first-order valence-corrected chi connectivity index (χ1v) is 5.39. The third kappa shape index (κ3) is 5.93. The van der Waals surface area contributed by atoms with E-state index in [1.54, 1.807) is 7.05 Å². The highest BCUT2D eigenvalue weighted by Gasteiger charge is 2.14. The van der Waals surface area contributed by atoms with Crippen LogP contribution in [0.5, 0.6) is 0 Å². The molecule has 0 unspecified atom stereocenters. The largest absolute Gasteiger partial charge is 0.358 e. The lowest BCUT2D eigenvalue weighted by Crippen LogP contribution is -2.45. The first-order chi connectivity index (χ1) is 7.15. The SMILES string of the molecule is CCCNC(=O)N(CCC)CC(=O)NC. The molecule has 2 N–H and O–H groups in total. The normalized spacial score (nSPS) is 9.53. The third-order valence-corrected chi connectivity index (χ3v) is 1.92. The van der Waals surface area contributed by atoms with E-state index in [4.69, 9.17) is 0 Å². The van der Waals surface area contributed by atoms with Gasteiger partial charge in [0.1, 0.15) is 6.54 Å². The molecule has 0 rings (SSSR count). The van der Waals surface area contributed by atoms with Crippen molar-refractivity contribution in [3.05, 3.63) is 0 Å². The van der Waals surface area contributed by atoms with Crippen LogP contribution in [0.15, 0.2) is 0 Å². The van der Waals surface area contributed by atoms with Crippen molar-refractivity contribution in [2.75, 3.05) is 26.7 Å². The smallest absolute Gasteiger partial charge is 0.317 e. The fourth-order valence-electron chi connectivity index (χ4n) is 1.12. The summed E-state index contributed by atoms with van der Waals surface area (Å²) < 4.78 is 0. The van der Waals surface area contributed by atoms with Crippen molar-refractivity contribution >= 4 is 11.9 Å². The van der Waals surface area contributed by atoms with E-state index < -0.39 is 0 Å². The molecule has 5 heteroatoms. The summed E-state index contributed by atoms with van der Waals surface area (Å²) >= 11 is 0. The molecule has 0 aliphatic carbocycles. The first-order valence-electron chi connectivity index (χ1n) is 5.39. The second-order valence-electron chi connectivity index (χ2n) is 3.33. The van der Waals surface area contributed by atoms with Crippen molar-refractivity contribution in [2.24, 2.45) is 0 Å². The van der Waals surface area contributed by atoms with Crippen molar-refractivity contribution in [3.63, 3.8) is 0 Å². The lowest BCUT2D eigenvalue weighted by Gasteiger charge is -2.21. The predicted molar refractivity (Wildman–Crippen MR) is 59.6 cm³/mol. The highest BCUT2D eigenvalue weighted by Crippen LogP contribution is 1.92. The average Bonchev–Trinajstić information content (AvgIpc) is 2.24. The molecular weight excluding hydrogens is 194 g/mol. The fourth-order valence-corrected chi connectivity index (χ4v) is 1.12. The van der Waals surface area contributed by atoms with Crippen LogP contribution in [0.25, 0.3) is 0 Å². The molecule has 0 atom stereocenters. The maximum absolute atomic E-state index is 11.6. The fraction of sp³-hybridized carbons (Fsp3) is 0.800. The van der Waals surface area contributed by atoms with Crippen molar-refractivity contribution < 1.29 is 9.59 Å². The zero-order valence-electron chi connectivity index (χ0n) is 9.80. The molecule has 0 bridgehead atoms. The van der Waals surface area contributed by atoms with Gasteiger partial charge in [-0.25, -0.2) is 4.79 Å². The molecule has 0 aromatic rings. The molecule has 0 aromatic carbocycles. The van der Waals surface area contributed by atoms with Gasteiger partial charge in [-0.15, -0.1) is 0 Å². The number of rotatable bonds is 6. The topological polar surface area (TPSA) is 61.4 Å². The van der Waals surface area contributed by atoms with E-state index in [0.717, 1.165) is 12.8 Å². The maximum atomic E-state index is 11.6. The highest BCUT2D eigenvalue weighted by atomic mass is 16.2. The van der Waals surface area contributed by atoms with Crippen LogP contribution in [0.4, 0.5) is 4.79 Å². The van der Waals surface area contributed by atoms with Crippen LogP contribution in [0.3, 0.4) is 0 Å². The Kier molecular flexibility index (Phi) is 7.40. The van der Waals surface area contributed by atoms with E-state index in [0.29, 0.717) is 13.1 Å². The molecular formula is C10H21N3O2. The van der Waals surface area contributed by atoms with Gasteiger partial charge in [0.05, 0.1) is 0 Å². The van der Waals surface area contributed by atoms with Crippen LogP contribution >= 0.6 is 0 Å². The van der Waals surface area contributed by atoms with Gasteiger partial charge in [0.15, 0.2) is 0 Å². The number of carbonyl (C=O) groups is 2. The van der Waals surface area contributed by atoms with Crippen LogP contribution in [0.1, 0.15) is 26.7 Å². The standard InChI is InChI=1S/C10H21N3O2/c1-4-6-12-10(15)13(7-5-2)8-9(14)11-3/h4-8H2,1-3H3,(H,11,14)(H,12,15). The van der Waals surface area contributed by atoms with Gasteiger partial charge in [-0.3, -0.25) is 4.79 Å². The van der Waals surface area contributed by atoms with Gasteiger partial charge < -0.3 is 15.5 Å². The number of likely N-dealkylation sites (N-methyl/N-ethyl adjacent to an activating group) is 1. The van der Waals surface area contributed by atoms with Gasteiger partial charge in [0.25, 0.3) is 0 Å². The van der Waals surface area contributed by atoms with Crippen LogP contribution in [0, 0.1) is 0 Å². The summed E-state index contributed by atoms with van der Waals surface area (Å²) in [7, 11) is 1.57. The van der Waals surface area contributed by atoms with Gasteiger partial charge in [0.2, 0.25) is 5.91 Å². The summed E-state index contributed by atoms with van der Waals surface area (Å²) in [6, 6.07) is -0.165. The van der Waals surface area contributed by atoms with Crippen molar-refractivity contribution in [1.29, 1.82) is 0 Å². The highest BCUT2D eigenvalue weighted by molar-refractivity contribution is 5.83. The molecule has 0 saturated carbocycles. The summed E-state index contributed by atoms with van der Waals surface area (Å²) in [4.78, 5) is 24.2. The lowest BCUT2D eigenvalue weighted by atomic mass is 10.4. The average molecular weight is 215 g/mol. The number of urea groups is 1. The molecule has 0 fully saturated rings. The third-order valence-electron chi connectivity index (χ3n) is 1.92. The molecule has 5 nitrogen and oxygen atoms in total. The molecule has 0 aliphatic rings. The molecule has 0 radical (unpaired) electrons. The molecule has 0 aliphatic heterocycles. The second kappa shape index (κ2) is 8.08. The quantitative estimate of drug-likeness (QED) is 0.680. The van der Waals surface area contributed by atoms with E-state index >= 15 is 0 Å². The number of nitrogens with one attached hydrogen (secondary N) is 2. The molecule has 0 aromatic heterocycles. The first kappa shape index (κ1) is 13.7. The van der Waals surface area contributed by atoms with E-state index in [1.165, 1.54) is 4.90 Å². The molecule has 3 amide bonds. The Morgan fingerprint density at radius 1 is 1.20 bits per heavy atom. The summed E-state index contributed by atoms with van der Waals surface area (Å²) in [6.45, 7) is 5.34. The Morgan fingerprint density at radius 3 is 2.33 bits per heavy atom. The molecule has 0 heterocycles. The Hall–Kier alpha value is -1.26. The lowest BCUT2D eigenvalue weighted by molar-refractivity contribution is -0.121. The second-order valence-corrected chi connectivity index (χ2v) is 3.33. The van der Waals surface area contributed by atoms with Gasteiger partial charge in [-0.2, -0.15) is 0 Å². The molecule has 0 spiro atoms. The number of hydrogen-bond acceptors (Lipinski definition) is 2. The number of hydrogen-bond donors (Lipinski definition) is 2. The maximum Gasteiger partial charge on any atom is 0.317 e. The zero-order valence-corrected chi connectivity index (χ0v) is 9.80. The van der Waals surface area contributed by atoms with Crippen molar-refractivity contribution in [1.82, 2.24) is 15.5 Å². The minimum atomic E-state index is -0.165. The van der Waals surface area contributed by atoms with E-state index in [9.17, 15) is 9.59 Å². The van der Waals surface area contributed by atoms with E-state index in [-0.39, 0.29) is 18.5 Å². The van der Waals surface area contributed by atoms with Crippen LogP contribution in [-0.4, -0.2) is 43.5 Å².